The molecular formula is C21H16F6O3. The van der Waals surface area contributed by atoms with Gasteiger partial charge in [0.25, 0.3) is 5.60 Å². The van der Waals surface area contributed by atoms with Gasteiger partial charge in [0.1, 0.15) is 5.75 Å². The van der Waals surface area contributed by atoms with E-state index in [4.69, 9.17) is 0 Å². The summed E-state index contributed by atoms with van der Waals surface area (Å²) < 4.78 is 76.9. The van der Waals surface area contributed by atoms with Gasteiger partial charge in [-0.3, -0.25) is 0 Å². The van der Waals surface area contributed by atoms with E-state index in [1.54, 1.807) is 30.3 Å². The van der Waals surface area contributed by atoms with Gasteiger partial charge >= 0.3 is 12.4 Å². The summed E-state index contributed by atoms with van der Waals surface area (Å²) in [7, 11) is 0. The first kappa shape index (κ1) is 21.9. The molecule has 3 N–H and O–H groups in total. The second-order valence-corrected chi connectivity index (χ2v) is 6.94. The number of fused-ring (bicyclic) bond motifs is 1. The number of aliphatic hydroxyl groups excluding tert-OH is 1. The highest BCUT2D eigenvalue weighted by Gasteiger charge is 2.70. The van der Waals surface area contributed by atoms with E-state index in [0.29, 0.717) is 5.56 Å². The third-order valence-electron chi connectivity index (χ3n) is 4.88. The van der Waals surface area contributed by atoms with E-state index in [1.165, 1.54) is 30.3 Å². The number of rotatable bonds is 4. The van der Waals surface area contributed by atoms with Gasteiger partial charge in [-0.15, -0.1) is 0 Å². The largest absolute Gasteiger partial charge is 0.508 e. The highest BCUT2D eigenvalue weighted by molar-refractivity contribution is 5.88. The number of hydrogen-bond acceptors (Lipinski definition) is 3. The summed E-state index contributed by atoms with van der Waals surface area (Å²) in [5.74, 6) is 0.103. The minimum Gasteiger partial charge on any atom is -0.508 e. The van der Waals surface area contributed by atoms with E-state index in [0.717, 1.165) is 16.3 Å². The van der Waals surface area contributed by atoms with E-state index in [9.17, 15) is 41.7 Å². The van der Waals surface area contributed by atoms with Crippen LogP contribution in [-0.4, -0.2) is 33.3 Å². The molecular weight excluding hydrogens is 414 g/mol. The maximum absolute atomic E-state index is 12.8. The van der Waals surface area contributed by atoms with Crippen molar-refractivity contribution in [1.29, 1.82) is 0 Å². The summed E-state index contributed by atoms with van der Waals surface area (Å²) in [4.78, 5) is 0. The molecule has 160 valence electrons. The predicted octanol–water partition coefficient (Wildman–Crippen LogP) is 5.49. The number of halogens is 6. The SMILES string of the molecule is Oc1ccc2cc(-c3ccc(C(O)CC(O)(C(F)(F)F)C(F)(F)F)cc3)ccc2c1. The first-order valence-electron chi connectivity index (χ1n) is 8.69. The van der Waals surface area contributed by atoms with Crippen molar-refractivity contribution in [3.05, 3.63) is 66.2 Å². The smallest absolute Gasteiger partial charge is 0.426 e. The van der Waals surface area contributed by atoms with Gasteiger partial charge in [-0.05, 0) is 45.7 Å². The molecule has 0 aliphatic rings. The molecule has 0 radical (unpaired) electrons. The summed E-state index contributed by atoms with van der Waals surface area (Å²) in [5.41, 5.74) is -3.89. The quantitative estimate of drug-likeness (QED) is 0.480. The monoisotopic (exact) mass is 430 g/mol. The Kier molecular flexibility index (Phi) is 5.46. The zero-order chi connectivity index (χ0) is 22.3. The lowest BCUT2D eigenvalue weighted by molar-refractivity contribution is -0.374. The summed E-state index contributed by atoms with van der Waals surface area (Å²) >= 11 is 0. The van der Waals surface area contributed by atoms with Crippen LogP contribution >= 0.6 is 0 Å². The second kappa shape index (κ2) is 7.48. The summed E-state index contributed by atoms with van der Waals surface area (Å²) in [5, 5.41) is 30.3. The molecule has 0 aliphatic carbocycles. The van der Waals surface area contributed by atoms with Crippen LogP contribution < -0.4 is 0 Å². The Morgan fingerprint density at radius 1 is 0.700 bits per heavy atom. The molecule has 30 heavy (non-hydrogen) atoms. The first-order valence-corrected chi connectivity index (χ1v) is 8.69. The molecule has 3 aromatic carbocycles. The van der Waals surface area contributed by atoms with E-state index in [2.05, 4.69) is 0 Å². The molecule has 0 amide bonds. The first-order chi connectivity index (χ1) is 13.8. The topological polar surface area (TPSA) is 60.7 Å². The Balaban J connectivity index is 1.85. The fourth-order valence-corrected chi connectivity index (χ4v) is 3.10. The van der Waals surface area contributed by atoms with E-state index in [1.807, 2.05) is 0 Å². The van der Waals surface area contributed by atoms with Gasteiger partial charge in [0.05, 0.1) is 6.10 Å². The van der Waals surface area contributed by atoms with Gasteiger partial charge in [-0.1, -0.05) is 42.5 Å². The number of phenols is 1. The van der Waals surface area contributed by atoms with Gasteiger partial charge in [-0.2, -0.15) is 26.3 Å². The molecule has 0 fully saturated rings. The highest BCUT2D eigenvalue weighted by atomic mass is 19.4. The lowest BCUT2D eigenvalue weighted by Crippen LogP contribution is -2.57. The van der Waals surface area contributed by atoms with Crippen molar-refractivity contribution in [2.24, 2.45) is 0 Å². The van der Waals surface area contributed by atoms with E-state index < -0.39 is 30.5 Å². The number of aromatic hydroxyl groups is 1. The van der Waals surface area contributed by atoms with Crippen LogP contribution in [0.3, 0.4) is 0 Å². The zero-order valence-corrected chi connectivity index (χ0v) is 15.2. The predicted molar refractivity (Wildman–Crippen MR) is 97.7 cm³/mol. The van der Waals surface area contributed by atoms with Crippen molar-refractivity contribution in [2.75, 3.05) is 0 Å². The number of aliphatic hydroxyl groups is 2. The number of alkyl halides is 6. The number of hydrogen-bond donors (Lipinski definition) is 3. The molecule has 1 atom stereocenters. The molecule has 3 aromatic rings. The molecule has 0 bridgehead atoms. The third-order valence-corrected chi connectivity index (χ3v) is 4.88. The Hall–Kier alpha value is -2.78. The third kappa shape index (κ3) is 4.08. The average molecular weight is 430 g/mol. The minimum absolute atomic E-state index is 0.103. The van der Waals surface area contributed by atoms with Crippen LogP contribution in [0.5, 0.6) is 5.75 Å². The Morgan fingerprint density at radius 2 is 1.20 bits per heavy atom. The maximum Gasteiger partial charge on any atom is 0.426 e. The average Bonchev–Trinajstić information content (AvgIpc) is 2.66. The van der Waals surface area contributed by atoms with Crippen molar-refractivity contribution in [2.45, 2.75) is 30.5 Å². The molecule has 0 saturated carbocycles. The summed E-state index contributed by atoms with van der Waals surface area (Å²) in [6, 6.07) is 15.4. The van der Waals surface area contributed by atoms with Gasteiger partial charge < -0.3 is 15.3 Å². The summed E-state index contributed by atoms with van der Waals surface area (Å²) in [6.07, 6.45) is -16.2. The van der Waals surface area contributed by atoms with Crippen LogP contribution in [0.25, 0.3) is 21.9 Å². The molecule has 3 nitrogen and oxygen atoms in total. The molecule has 0 aliphatic heterocycles. The van der Waals surface area contributed by atoms with Crippen molar-refractivity contribution < 1.29 is 41.7 Å². The van der Waals surface area contributed by atoms with Crippen molar-refractivity contribution in [3.63, 3.8) is 0 Å². The van der Waals surface area contributed by atoms with Crippen LogP contribution in [0.4, 0.5) is 26.3 Å². The molecule has 0 spiro atoms. The Bertz CT molecular complexity index is 1030. The minimum atomic E-state index is -5.99. The molecule has 0 saturated heterocycles. The second-order valence-electron chi connectivity index (χ2n) is 6.94. The van der Waals surface area contributed by atoms with Gasteiger partial charge in [0, 0.05) is 6.42 Å². The van der Waals surface area contributed by atoms with Gasteiger partial charge in [0.15, 0.2) is 0 Å². The van der Waals surface area contributed by atoms with Crippen LogP contribution in [-0.2, 0) is 0 Å². The zero-order valence-electron chi connectivity index (χ0n) is 15.2. The Morgan fingerprint density at radius 3 is 1.77 bits per heavy atom. The maximum atomic E-state index is 12.8. The van der Waals surface area contributed by atoms with Crippen LogP contribution in [0.2, 0.25) is 0 Å². The standard InChI is InChI=1S/C21H16F6O3/c22-20(23,24)19(30,21(25,26)27)11-18(29)13-3-1-12(2-4-13)14-5-6-16-10-17(28)8-7-15(16)9-14/h1-10,18,28-30H,11H2. The van der Waals surface area contributed by atoms with Crippen LogP contribution in [0.15, 0.2) is 60.7 Å². The summed E-state index contributed by atoms with van der Waals surface area (Å²) in [6.45, 7) is 0. The van der Waals surface area contributed by atoms with E-state index in [-0.39, 0.29) is 11.3 Å². The fourth-order valence-electron chi connectivity index (χ4n) is 3.10. The Labute approximate surface area is 166 Å². The van der Waals surface area contributed by atoms with Crippen molar-refractivity contribution in [1.82, 2.24) is 0 Å². The molecule has 0 heterocycles. The van der Waals surface area contributed by atoms with Gasteiger partial charge in [0.2, 0.25) is 0 Å². The fraction of sp³-hybridized carbons (Fsp3) is 0.238. The van der Waals surface area contributed by atoms with Crippen LogP contribution in [0, 0.1) is 0 Å². The number of phenolic OH excluding ortho intramolecular Hbond substituents is 1. The van der Waals surface area contributed by atoms with Crippen molar-refractivity contribution in [3.8, 4) is 16.9 Å². The van der Waals surface area contributed by atoms with Crippen molar-refractivity contribution >= 4 is 10.8 Å². The molecule has 1 unspecified atom stereocenters. The lowest BCUT2D eigenvalue weighted by Gasteiger charge is -2.33. The molecule has 3 rings (SSSR count). The highest BCUT2D eigenvalue weighted by Crippen LogP contribution is 2.47. The van der Waals surface area contributed by atoms with Crippen LogP contribution in [0.1, 0.15) is 18.1 Å². The lowest BCUT2D eigenvalue weighted by atomic mass is 9.90. The molecule has 0 aromatic heterocycles. The normalized spacial score (nSPS) is 14.1. The van der Waals surface area contributed by atoms with Gasteiger partial charge in [-0.25, -0.2) is 0 Å². The molecule has 9 heteroatoms. The van der Waals surface area contributed by atoms with E-state index >= 15 is 0 Å². The number of benzene rings is 3.